The molecule has 1 fully saturated rings. The fourth-order valence-corrected chi connectivity index (χ4v) is 2.78. The van der Waals surface area contributed by atoms with Gasteiger partial charge in [-0.3, -0.25) is 14.4 Å². The summed E-state index contributed by atoms with van der Waals surface area (Å²) in [6.45, 7) is 0. The number of halogens is 1. The number of hydrogen-bond donors (Lipinski definition) is 2. The van der Waals surface area contributed by atoms with Gasteiger partial charge in [0, 0.05) is 12.8 Å². The molecule has 118 valence electrons. The molecule has 1 aliphatic rings. The molecule has 1 saturated carbocycles. The lowest BCUT2D eigenvalue weighted by Gasteiger charge is -2.28. The largest absolute Gasteiger partial charge is 0.368 e. The van der Waals surface area contributed by atoms with E-state index < -0.39 is 11.9 Å². The van der Waals surface area contributed by atoms with E-state index in [1.807, 2.05) is 0 Å². The number of nitrogens with one attached hydrogen (secondary N) is 1. The topological polar surface area (TPSA) is 89.3 Å². The van der Waals surface area contributed by atoms with E-state index in [9.17, 15) is 18.8 Å². The monoisotopic (exact) mass is 306 g/mol. The van der Waals surface area contributed by atoms with Crippen LogP contribution in [-0.2, 0) is 20.8 Å². The third kappa shape index (κ3) is 4.38. The molecule has 1 aromatic carbocycles. The Balaban J connectivity index is 1.98. The van der Waals surface area contributed by atoms with Gasteiger partial charge in [-0.1, -0.05) is 12.1 Å². The highest BCUT2D eigenvalue weighted by Crippen LogP contribution is 2.24. The predicted molar refractivity (Wildman–Crippen MR) is 78.2 cm³/mol. The zero-order chi connectivity index (χ0) is 16.1. The minimum absolute atomic E-state index is 0.0325. The van der Waals surface area contributed by atoms with Gasteiger partial charge in [0.2, 0.25) is 11.8 Å². The van der Waals surface area contributed by atoms with Crippen LogP contribution in [0, 0.1) is 11.7 Å². The quantitative estimate of drug-likeness (QED) is 0.853. The lowest BCUT2D eigenvalue weighted by molar-refractivity contribution is -0.130. The van der Waals surface area contributed by atoms with Crippen molar-refractivity contribution in [3.8, 4) is 0 Å². The Morgan fingerprint density at radius 1 is 1.32 bits per heavy atom. The molecular weight excluding hydrogens is 287 g/mol. The Labute approximate surface area is 128 Å². The highest BCUT2D eigenvalue weighted by molar-refractivity contribution is 5.89. The van der Waals surface area contributed by atoms with Gasteiger partial charge < -0.3 is 11.1 Å². The van der Waals surface area contributed by atoms with E-state index in [4.69, 9.17) is 5.73 Å². The average molecular weight is 306 g/mol. The third-order valence-corrected chi connectivity index (χ3v) is 3.89. The minimum Gasteiger partial charge on any atom is -0.368 e. The summed E-state index contributed by atoms with van der Waals surface area (Å²) >= 11 is 0. The molecule has 0 heterocycles. The van der Waals surface area contributed by atoms with Crippen molar-refractivity contribution in [3.05, 3.63) is 35.6 Å². The van der Waals surface area contributed by atoms with Crippen molar-refractivity contribution < 1.29 is 18.8 Å². The molecule has 3 N–H and O–H groups in total. The van der Waals surface area contributed by atoms with Gasteiger partial charge in [-0.25, -0.2) is 4.39 Å². The number of benzene rings is 1. The van der Waals surface area contributed by atoms with Gasteiger partial charge in [0.05, 0.1) is 6.42 Å². The molecule has 0 saturated heterocycles. The summed E-state index contributed by atoms with van der Waals surface area (Å²) in [6.07, 6.45) is 2.22. The highest BCUT2D eigenvalue weighted by atomic mass is 19.1. The Kier molecular flexibility index (Phi) is 5.25. The number of amides is 2. The molecule has 2 rings (SSSR count). The van der Waals surface area contributed by atoms with Crippen LogP contribution in [0.4, 0.5) is 4.39 Å². The van der Waals surface area contributed by atoms with Gasteiger partial charge in [-0.15, -0.1) is 0 Å². The Morgan fingerprint density at radius 2 is 2.00 bits per heavy atom. The summed E-state index contributed by atoms with van der Waals surface area (Å²) in [4.78, 5) is 35.1. The Bertz CT molecular complexity index is 571. The molecule has 2 atom stereocenters. The van der Waals surface area contributed by atoms with Crippen LogP contribution in [0.1, 0.15) is 31.2 Å². The summed E-state index contributed by atoms with van der Waals surface area (Å²) in [5.74, 6) is -1.52. The van der Waals surface area contributed by atoms with E-state index in [1.54, 1.807) is 0 Å². The van der Waals surface area contributed by atoms with Crippen LogP contribution in [-0.4, -0.2) is 23.6 Å². The number of Topliss-reactive ketones (excluding diaryl/α,β-unsaturated/α-hetero) is 1. The first-order chi connectivity index (χ1) is 10.5. The number of carbonyl (C=O) groups excluding carboxylic acids is 3. The lowest BCUT2D eigenvalue weighted by atomic mass is 9.83. The molecule has 2 amide bonds. The van der Waals surface area contributed by atoms with Crippen molar-refractivity contribution in [3.63, 3.8) is 0 Å². The summed E-state index contributed by atoms with van der Waals surface area (Å²) in [7, 11) is 0. The van der Waals surface area contributed by atoms with Crippen LogP contribution in [0.3, 0.4) is 0 Å². The van der Waals surface area contributed by atoms with E-state index in [1.165, 1.54) is 24.3 Å². The zero-order valence-corrected chi connectivity index (χ0v) is 12.2. The first-order valence-corrected chi connectivity index (χ1v) is 7.30. The second-order valence-corrected chi connectivity index (χ2v) is 5.65. The van der Waals surface area contributed by atoms with Crippen LogP contribution >= 0.6 is 0 Å². The van der Waals surface area contributed by atoms with Crippen molar-refractivity contribution in [2.24, 2.45) is 11.7 Å². The number of primary amides is 1. The second-order valence-electron chi connectivity index (χ2n) is 5.65. The van der Waals surface area contributed by atoms with Gasteiger partial charge in [0.25, 0.3) is 0 Å². The van der Waals surface area contributed by atoms with Crippen LogP contribution < -0.4 is 11.1 Å². The molecule has 1 aromatic rings. The standard InChI is InChI=1S/C16H19FN2O3/c17-12-6-4-10(5-7-12)8-14(21)19-15(16(18)22)11-2-1-3-13(20)9-11/h4-7,11,15H,1-3,8-9H2,(H2,18,22)(H,19,21)/t11-,15-/m1/s1. The Morgan fingerprint density at radius 3 is 2.59 bits per heavy atom. The maximum Gasteiger partial charge on any atom is 0.240 e. The highest BCUT2D eigenvalue weighted by Gasteiger charge is 2.31. The molecule has 0 spiro atoms. The molecule has 0 bridgehead atoms. The van der Waals surface area contributed by atoms with E-state index >= 15 is 0 Å². The lowest BCUT2D eigenvalue weighted by Crippen LogP contribution is -2.50. The van der Waals surface area contributed by atoms with Crippen LogP contribution in [0.15, 0.2) is 24.3 Å². The SMILES string of the molecule is NC(=O)[C@H](NC(=O)Cc1ccc(F)cc1)[C@@H]1CCCC(=O)C1. The van der Waals surface area contributed by atoms with E-state index in [0.29, 0.717) is 24.8 Å². The number of ketones is 1. The van der Waals surface area contributed by atoms with Gasteiger partial charge >= 0.3 is 0 Å². The molecule has 0 aliphatic heterocycles. The molecule has 22 heavy (non-hydrogen) atoms. The molecule has 5 nitrogen and oxygen atoms in total. The summed E-state index contributed by atoms with van der Waals surface area (Å²) in [5, 5.41) is 2.61. The molecule has 0 unspecified atom stereocenters. The molecular formula is C16H19FN2O3. The summed E-state index contributed by atoms with van der Waals surface area (Å²) < 4.78 is 12.8. The molecule has 0 aromatic heterocycles. The number of rotatable bonds is 5. The van der Waals surface area contributed by atoms with Crippen molar-refractivity contribution in [2.75, 3.05) is 0 Å². The average Bonchev–Trinajstić information content (AvgIpc) is 2.47. The van der Waals surface area contributed by atoms with Crippen LogP contribution in [0.5, 0.6) is 0 Å². The predicted octanol–water partition coefficient (Wildman–Crippen LogP) is 1.10. The first kappa shape index (κ1) is 16.1. The molecule has 6 heteroatoms. The fourth-order valence-electron chi connectivity index (χ4n) is 2.78. The maximum absolute atomic E-state index is 12.8. The Hall–Kier alpha value is -2.24. The van der Waals surface area contributed by atoms with Crippen LogP contribution in [0.2, 0.25) is 0 Å². The van der Waals surface area contributed by atoms with Crippen molar-refractivity contribution >= 4 is 17.6 Å². The van der Waals surface area contributed by atoms with Crippen molar-refractivity contribution in [1.29, 1.82) is 0 Å². The molecule has 1 aliphatic carbocycles. The van der Waals surface area contributed by atoms with Crippen molar-refractivity contribution in [2.45, 2.75) is 38.1 Å². The van der Waals surface area contributed by atoms with E-state index in [0.717, 1.165) is 0 Å². The fraction of sp³-hybridized carbons (Fsp3) is 0.438. The van der Waals surface area contributed by atoms with E-state index in [2.05, 4.69) is 5.32 Å². The smallest absolute Gasteiger partial charge is 0.240 e. The van der Waals surface area contributed by atoms with Crippen LogP contribution in [0.25, 0.3) is 0 Å². The molecule has 0 radical (unpaired) electrons. The summed E-state index contributed by atoms with van der Waals surface area (Å²) in [5.41, 5.74) is 6.00. The number of hydrogen-bond acceptors (Lipinski definition) is 3. The van der Waals surface area contributed by atoms with Gasteiger partial charge in [0.15, 0.2) is 0 Å². The maximum atomic E-state index is 12.8. The van der Waals surface area contributed by atoms with Gasteiger partial charge in [-0.2, -0.15) is 0 Å². The third-order valence-electron chi connectivity index (χ3n) is 3.89. The minimum atomic E-state index is -0.836. The van der Waals surface area contributed by atoms with E-state index in [-0.39, 0.29) is 36.3 Å². The first-order valence-electron chi connectivity index (χ1n) is 7.30. The van der Waals surface area contributed by atoms with Gasteiger partial charge in [0.1, 0.15) is 17.6 Å². The van der Waals surface area contributed by atoms with Crippen molar-refractivity contribution in [1.82, 2.24) is 5.32 Å². The normalized spacial score (nSPS) is 19.5. The van der Waals surface area contributed by atoms with Gasteiger partial charge in [-0.05, 0) is 36.5 Å². The summed E-state index contributed by atoms with van der Waals surface area (Å²) in [6, 6.07) is 4.73. The number of carbonyl (C=O) groups is 3. The zero-order valence-electron chi connectivity index (χ0n) is 12.2. The number of nitrogens with two attached hydrogens (primary N) is 1. The second kappa shape index (κ2) is 7.15.